The van der Waals surface area contributed by atoms with Crippen molar-refractivity contribution in [1.82, 2.24) is 0 Å². The van der Waals surface area contributed by atoms with Gasteiger partial charge < -0.3 is 5.73 Å². The highest BCUT2D eigenvalue weighted by atomic mass is 14.7. The SMILES string of the molecule is CCC(C)(C)[C@@H](N)c1ccccc1. The molecular formula is C12H19N. The van der Waals surface area contributed by atoms with Gasteiger partial charge in [0.1, 0.15) is 0 Å². The minimum Gasteiger partial charge on any atom is -0.324 e. The standard InChI is InChI=1S/C12H19N/c1-4-12(2,3)11(13)10-8-6-5-7-9-10/h5-9,11H,4,13H2,1-3H3/t11-/m0/s1. The summed E-state index contributed by atoms with van der Waals surface area (Å²) < 4.78 is 0. The molecular weight excluding hydrogens is 158 g/mol. The molecule has 2 N–H and O–H groups in total. The van der Waals surface area contributed by atoms with E-state index in [0.29, 0.717) is 0 Å². The zero-order chi connectivity index (χ0) is 9.90. The van der Waals surface area contributed by atoms with E-state index in [9.17, 15) is 0 Å². The van der Waals surface area contributed by atoms with E-state index < -0.39 is 0 Å². The molecule has 0 aromatic heterocycles. The monoisotopic (exact) mass is 177 g/mol. The van der Waals surface area contributed by atoms with Crippen molar-refractivity contribution in [2.24, 2.45) is 11.1 Å². The molecule has 1 nitrogen and oxygen atoms in total. The Morgan fingerprint density at radius 1 is 1.23 bits per heavy atom. The van der Waals surface area contributed by atoms with E-state index in [2.05, 4.69) is 32.9 Å². The Kier molecular flexibility index (Phi) is 3.10. The van der Waals surface area contributed by atoms with Crippen molar-refractivity contribution in [3.05, 3.63) is 35.9 Å². The van der Waals surface area contributed by atoms with Gasteiger partial charge in [0.2, 0.25) is 0 Å². The number of hydrogen-bond donors (Lipinski definition) is 1. The summed E-state index contributed by atoms with van der Waals surface area (Å²) in [5, 5.41) is 0. The summed E-state index contributed by atoms with van der Waals surface area (Å²) in [5.41, 5.74) is 7.60. The molecule has 1 atom stereocenters. The second kappa shape index (κ2) is 3.93. The van der Waals surface area contributed by atoms with Crippen LogP contribution in [0.5, 0.6) is 0 Å². The highest BCUT2D eigenvalue weighted by Gasteiger charge is 2.25. The van der Waals surface area contributed by atoms with Gasteiger partial charge in [-0.2, -0.15) is 0 Å². The van der Waals surface area contributed by atoms with Gasteiger partial charge in [-0.15, -0.1) is 0 Å². The van der Waals surface area contributed by atoms with E-state index in [-0.39, 0.29) is 11.5 Å². The molecule has 0 aliphatic heterocycles. The van der Waals surface area contributed by atoms with E-state index in [1.165, 1.54) is 5.56 Å². The fourth-order valence-electron chi connectivity index (χ4n) is 1.33. The molecule has 1 rings (SSSR count). The van der Waals surface area contributed by atoms with Gasteiger partial charge in [-0.1, -0.05) is 51.1 Å². The van der Waals surface area contributed by atoms with Gasteiger partial charge in [-0.25, -0.2) is 0 Å². The van der Waals surface area contributed by atoms with Gasteiger partial charge in [0, 0.05) is 6.04 Å². The largest absolute Gasteiger partial charge is 0.324 e. The average Bonchev–Trinajstić information content (AvgIpc) is 2.18. The average molecular weight is 177 g/mol. The predicted molar refractivity (Wildman–Crippen MR) is 57.4 cm³/mol. The number of hydrogen-bond acceptors (Lipinski definition) is 1. The zero-order valence-electron chi connectivity index (χ0n) is 8.75. The Morgan fingerprint density at radius 2 is 1.77 bits per heavy atom. The molecule has 0 unspecified atom stereocenters. The Bertz CT molecular complexity index is 251. The van der Waals surface area contributed by atoms with Crippen LogP contribution in [0.2, 0.25) is 0 Å². The van der Waals surface area contributed by atoms with Gasteiger partial charge in [-0.3, -0.25) is 0 Å². The van der Waals surface area contributed by atoms with Crippen LogP contribution in [0.4, 0.5) is 0 Å². The molecule has 0 spiro atoms. The highest BCUT2D eigenvalue weighted by Crippen LogP contribution is 2.33. The maximum atomic E-state index is 6.18. The minimum atomic E-state index is 0.138. The summed E-state index contributed by atoms with van der Waals surface area (Å²) in [5.74, 6) is 0. The van der Waals surface area contributed by atoms with Gasteiger partial charge in [0.05, 0.1) is 0 Å². The van der Waals surface area contributed by atoms with Gasteiger partial charge in [0.15, 0.2) is 0 Å². The molecule has 0 fully saturated rings. The summed E-state index contributed by atoms with van der Waals surface area (Å²) in [6.07, 6.45) is 1.10. The molecule has 1 heteroatoms. The van der Waals surface area contributed by atoms with Gasteiger partial charge in [0.25, 0.3) is 0 Å². The molecule has 0 saturated heterocycles. The molecule has 0 saturated carbocycles. The molecule has 1 aromatic carbocycles. The molecule has 0 heterocycles. The zero-order valence-corrected chi connectivity index (χ0v) is 8.75. The van der Waals surface area contributed by atoms with E-state index in [1.807, 2.05) is 18.2 Å². The first-order chi connectivity index (χ1) is 6.08. The van der Waals surface area contributed by atoms with Crippen molar-refractivity contribution in [3.8, 4) is 0 Å². The van der Waals surface area contributed by atoms with Crippen LogP contribution < -0.4 is 5.73 Å². The van der Waals surface area contributed by atoms with Gasteiger partial charge >= 0.3 is 0 Å². The molecule has 72 valence electrons. The first-order valence-corrected chi connectivity index (χ1v) is 4.88. The molecule has 0 amide bonds. The van der Waals surface area contributed by atoms with Crippen molar-refractivity contribution in [3.63, 3.8) is 0 Å². The Balaban J connectivity index is 2.85. The number of nitrogens with two attached hydrogens (primary N) is 1. The smallest absolute Gasteiger partial charge is 0.0346 e. The fraction of sp³-hybridized carbons (Fsp3) is 0.500. The van der Waals surface area contributed by atoms with Crippen LogP contribution in [0.15, 0.2) is 30.3 Å². The van der Waals surface area contributed by atoms with Crippen molar-refractivity contribution in [2.75, 3.05) is 0 Å². The maximum absolute atomic E-state index is 6.18. The van der Waals surface area contributed by atoms with Crippen LogP contribution in [0.1, 0.15) is 38.8 Å². The van der Waals surface area contributed by atoms with Crippen molar-refractivity contribution >= 4 is 0 Å². The molecule has 13 heavy (non-hydrogen) atoms. The molecule has 0 aliphatic carbocycles. The van der Waals surface area contributed by atoms with Crippen molar-refractivity contribution < 1.29 is 0 Å². The van der Waals surface area contributed by atoms with E-state index >= 15 is 0 Å². The lowest BCUT2D eigenvalue weighted by Crippen LogP contribution is -2.28. The van der Waals surface area contributed by atoms with Crippen LogP contribution >= 0.6 is 0 Å². The van der Waals surface area contributed by atoms with E-state index in [4.69, 9.17) is 5.73 Å². The first kappa shape index (κ1) is 10.3. The third-order valence-electron chi connectivity index (χ3n) is 2.91. The lowest BCUT2D eigenvalue weighted by atomic mass is 9.79. The normalized spacial score (nSPS) is 14.2. The van der Waals surface area contributed by atoms with E-state index in [1.54, 1.807) is 0 Å². The predicted octanol–water partition coefficient (Wildman–Crippen LogP) is 3.12. The molecule has 1 aromatic rings. The quantitative estimate of drug-likeness (QED) is 0.754. The Hall–Kier alpha value is -0.820. The van der Waals surface area contributed by atoms with Crippen molar-refractivity contribution in [2.45, 2.75) is 33.2 Å². The summed E-state index contributed by atoms with van der Waals surface area (Å²) in [4.78, 5) is 0. The number of rotatable bonds is 3. The third-order valence-corrected chi connectivity index (χ3v) is 2.91. The Labute approximate surface area is 81.0 Å². The maximum Gasteiger partial charge on any atom is 0.0346 e. The summed E-state index contributed by atoms with van der Waals surface area (Å²) in [6.45, 7) is 6.61. The van der Waals surface area contributed by atoms with Crippen LogP contribution in [-0.4, -0.2) is 0 Å². The summed E-state index contributed by atoms with van der Waals surface area (Å²) in [7, 11) is 0. The van der Waals surface area contributed by atoms with E-state index in [0.717, 1.165) is 6.42 Å². The lowest BCUT2D eigenvalue weighted by molar-refractivity contribution is 0.278. The third kappa shape index (κ3) is 2.31. The molecule has 0 aliphatic rings. The van der Waals surface area contributed by atoms with Crippen LogP contribution in [0.25, 0.3) is 0 Å². The second-order valence-corrected chi connectivity index (χ2v) is 4.23. The van der Waals surface area contributed by atoms with Crippen LogP contribution in [0, 0.1) is 5.41 Å². The van der Waals surface area contributed by atoms with Crippen LogP contribution in [0.3, 0.4) is 0 Å². The van der Waals surface area contributed by atoms with Gasteiger partial charge in [-0.05, 0) is 17.4 Å². The second-order valence-electron chi connectivity index (χ2n) is 4.23. The van der Waals surface area contributed by atoms with Crippen molar-refractivity contribution in [1.29, 1.82) is 0 Å². The van der Waals surface area contributed by atoms with Crippen LogP contribution in [-0.2, 0) is 0 Å². The molecule has 0 bridgehead atoms. The number of benzene rings is 1. The summed E-state index contributed by atoms with van der Waals surface area (Å²) >= 11 is 0. The first-order valence-electron chi connectivity index (χ1n) is 4.88. The lowest BCUT2D eigenvalue weighted by Gasteiger charge is -2.30. The minimum absolute atomic E-state index is 0.138. The highest BCUT2D eigenvalue weighted by molar-refractivity contribution is 5.20. The fourth-order valence-corrected chi connectivity index (χ4v) is 1.33. The Morgan fingerprint density at radius 3 is 2.23 bits per heavy atom. The summed E-state index contributed by atoms with van der Waals surface area (Å²) in [6, 6.07) is 10.4. The topological polar surface area (TPSA) is 26.0 Å². The molecule has 0 radical (unpaired) electrons.